The molecule has 1 rings (SSSR count). The first-order chi connectivity index (χ1) is 7.54. The quantitative estimate of drug-likeness (QED) is 0.613. The van der Waals surface area contributed by atoms with Gasteiger partial charge in [0.2, 0.25) is 0 Å². The van der Waals surface area contributed by atoms with Crippen molar-refractivity contribution in [2.75, 3.05) is 11.9 Å². The van der Waals surface area contributed by atoms with E-state index in [2.05, 4.69) is 15.9 Å². The van der Waals surface area contributed by atoms with E-state index in [-0.39, 0.29) is 5.78 Å². The minimum atomic E-state index is -0.425. The van der Waals surface area contributed by atoms with Gasteiger partial charge in [0.1, 0.15) is 11.6 Å². The van der Waals surface area contributed by atoms with Crippen LogP contribution in [0, 0.1) is 11.7 Å². The number of hydrogen-bond donors (Lipinski definition) is 0. The lowest BCUT2D eigenvalue weighted by Crippen LogP contribution is -2.11. The Morgan fingerprint density at radius 1 is 1.56 bits per heavy atom. The highest BCUT2D eigenvalue weighted by molar-refractivity contribution is 9.09. The van der Waals surface area contributed by atoms with E-state index in [0.717, 1.165) is 5.33 Å². The number of alkyl halides is 1. The van der Waals surface area contributed by atoms with Crippen LogP contribution in [0.4, 0.5) is 4.39 Å². The Morgan fingerprint density at radius 2 is 2.25 bits per heavy atom. The molecule has 16 heavy (non-hydrogen) atoms. The van der Waals surface area contributed by atoms with Gasteiger partial charge in [-0.1, -0.05) is 22.9 Å². The molecule has 88 valence electrons. The topological polar surface area (TPSA) is 26.3 Å². The van der Waals surface area contributed by atoms with Gasteiger partial charge >= 0.3 is 0 Å². The highest BCUT2D eigenvalue weighted by Gasteiger charge is 2.11. The molecule has 0 aromatic heterocycles. The van der Waals surface area contributed by atoms with Crippen molar-refractivity contribution in [3.8, 4) is 5.75 Å². The Kier molecular flexibility index (Phi) is 4.93. The zero-order chi connectivity index (χ0) is 12.1. The number of halogens is 2. The van der Waals surface area contributed by atoms with Crippen LogP contribution in [0.1, 0.15) is 24.2 Å². The van der Waals surface area contributed by atoms with E-state index in [1.54, 1.807) is 0 Å². The number of rotatable bonds is 5. The van der Waals surface area contributed by atoms with Crippen molar-refractivity contribution in [2.24, 2.45) is 5.92 Å². The smallest absolute Gasteiger partial charge is 0.163 e. The van der Waals surface area contributed by atoms with E-state index in [1.807, 2.05) is 6.92 Å². The molecule has 0 spiro atoms. The van der Waals surface area contributed by atoms with E-state index >= 15 is 0 Å². The van der Waals surface area contributed by atoms with Crippen molar-refractivity contribution in [3.63, 3.8) is 0 Å². The molecule has 1 aromatic carbocycles. The Balaban J connectivity index is 2.82. The summed E-state index contributed by atoms with van der Waals surface area (Å²) >= 11 is 3.34. The maximum Gasteiger partial charge on any atom is 0.163 e. The standard InChI is InChI=1S/C12H14BrFO2/c1-8(6-13)7-16-12-4-3-10(14)5-11(12)9(2)15/h3-5,8H,6-7H2,1-2H3. The zero-order valence-corrected chi connectivity index (χ0v) is 10.9. The third-order valence-electron chi connectivity index (χ3n) is 2.11. The van der Waals surface area contributed by atoms with Crippen LogP contribution in [0.2, 0.25) is 0 Å². The predicted molar refractivity (Wildman–Crippen MR) is 64.9 cm³/mol. The normalized spacial score (nSPS) is 12.2. The molecule has 0 radical (unpaired) electrons. The highest BCUT2D eigenvalue weighted by atomic mass is 79.9. The Labute approximate surface area is 103 Å². The molecule has 1 atom stereocenters. The summed E-state index contributed by atoms with van der Waals surface area (Å²) in [6, 6.07) is 3.99. The third-order valence-corrected chi connectivity index (χ3v) is 3.21. The number of ether oxygens (including phenoxy) is 1. The van der Waals surface area contributed by atoms with Crippen molar-refractivity contribution < 1.29 is 13.9 Å². The van der Waals surface area contributed by atoms with Gasteiger partial charge in [0.05, 0.1) is 12.2 Å². The summed E-state index contributed by atoms with van der Waals surface area (Å²) in [6.45, 7) is 3.92. The van der Waals surface area contributed by atoms with Gasteiger partial charge in [0.15, 0.2) is 5.78 Å². The van der Waals surface area contributed by atoms with E-state index in [1.165, 1.54) is 25.1 Å². The van der Waals surface area contributed by atoms with Crippen molar-refractivity contribution in [2.45, 2.75) is 13.8 Å². The van der Waals surface area contributed by atoms with E-state index in [9.17, 15) is 9.18 Å². The molecular formula is C12H14BrFO2. The van der Waals surface area contributed by atoms with Crippen LogP contribution >= 0.6 is 15.9 Å². The summed E-state index contributed by atoms with van der Waals surface area (Å²) in [6.07, 6.45) is 0. The first-order valence-corrected chi connectivity index (χ1v) is 6.16. The van der Waals surface area contributed by atoms with Crippen LogP contribution in [0.15, 0.2) is 18.2 Å². The lowest BCUT2D eigenvalue weighted by atomic mass is 10.1. The Bertz CT molecular complexity index is 379. The molecule has 1 unspecified atom stereocenters. The van der Waals surface area contributed by atoms with E-state index in [0.29, 0.717) is 23.8 Å². The number of carbonyl (C=O) groups excluding carboxylic acids is 1. The van der Waals surface area contributed by atoms with Gasteiger partial charge < -0.3 is 4.74 Å². The van der Waals surface area contributed by atoms with Crippen LogP contribution in [0.5, 0.6) is 5.75 Å². The average molecular weight is 289 g/mol. The minimum Gasteiger partial charge on any atom is -0.493 e. The largest absolute Gasteiger partial charge is 0.493 e. The molecule has 4 heteroatoms. The van der Waals surface area contributed by atoms with Crippen molar-refractivity contribution in [1.29, 1.82) is 0 Å². The molecular weight excluding hydrogens is 275 g/mol. The third kappa shape index (κ3) is 3.59. The molecule has 0 aliphatic heterocycles. The number of benzene rings is 1. The molecule has 0 fully saturated rings. The van der Waals surface area contributed by atoms with Crippen LogP contribution in [0.25, 0.3) is 0 Å². The summed E-state index contributed by atoms with van der Waals surface area (Å²) in [5, 5.41) is 0.823. The second kappa shape index (κ2) is 5.99. The molecule has 0 aliphatic rings. The summed E-state index contributed by atoms with van der Waals surface area (Å²) in [7, 11) is 0. The number of hydrogen-bond acceptors (Lipinski definition) is 2. The molecule has 0 saturated carbocycles. The van der Waals surface area contributed by atoms with Gasteiger partial charge in [0, 0.05) is 5.33 Å². The van der Waals surface area contributed by atoms with Crippen LogP contribution < -0.4 is 4.74 Å². The minimum absolute atomic E-state index is 0.194. The SMILES string of the molecule is CC(=O)c1cc(F)ccc1OCC(C)CBr. The summed E-state index contributed by atoms with van der Waals surface area (Å²) in [5.41, 5.74) is 0.293. The zero-order valence-electron chi connectivity index (χ0n) is 9.30. The average Bonchev–Trinajstić information content (AvgIpc) is 2.26. The number of carbonyl (C=O) groups is 1. The van der Waals surface area contributed by atoms with Crippen molar-refractivity contribution in [1.82, 2.24) is 0 Å². The monoisotopic (exact) mass is 288 g/mol. The lowest BCUT2D eigenvalue weighted by Gasteiger charge is -2.12. The Morgan fingerprint density at radius 3 is 2.81 bits per heavy atom. The van der Waals surface area contributed by atoms with Gasteiger partial charge in [0.25, 0.3) is 0 Å². The maximum atomic E-state index is 13.0. The molecule has 0 saturated heterocycles. The summed E-state index contributed by atoms with van der Waals surface area (Å²) < 4.78 is 18.4. The molecule has 0 aliphatic carbocycles. The van der Waals surface area contributed by atoms with Crippen LogP contribution in [-0.4, -0.2) is 17.7 Å². The van der Waals surface area contributed by atoms with Crippen LogP contribution in [-0.2, 0) is 0 Å². The molecule has 0 heterocycles. The molecule has 2 nitrogen and oxygen atoms in total. The fourth-order valence-electron chi connectivity index (χ4n) is 1.18. The van der Waals surface area contributed by atoms with Gasteiger partial charge in [-0.2, -0.15) is 0 Å². The molecule has 1 aromatic rings. The van der Waals surface area contributed by atoms with Gasteiger partial charge in [-0.05, 0) is 31.0 Å². The fraction of sp³-hybridized carbons (Fsp3) is 0.417. The van der Waals surface area contributed by atoms with Gasteiger partial charge in [-0.15, -0.1) is 0 Å². The van der Waals surface area contributed by atoms with Gasteiger partial charge in [-0.25, -0.2) is 4.39 Å². The maximum absolute atomic E-state index is 13.0. The van der Waals surface area contributed by atoms with E-state index < -0.39 is 5.82 Å². The second-order valence-electron chi connectivity index (χ2n) is 3.77. The van der Waals surface area contributed by atoms with Crippen molar-refractivity contribution in [3.05, 3.63) is 29.6 Å². The Hall–Kier alpha value is -0.900. The second-order valence-corrected chi connectivity index (χ2v) is 4.41. The first kappa shape index (κ1) is 13.2. The van der Waals surface area contributed by atoms with E-state index in [4.69, 9.17) is 4.74 Å². The summed E-state index contributed by atoms with van der Waals surface area (Å²) in [5.74, 6) is 0.165. The van der Waals surface area contributed by atoms with Crippen molar-refractivity contribution >= 4 is 21.7 Å². The summed E-state index contributed by atoms with van der Waals surface area (Å²) in [4.78, 5) is 11.3. The number of Topliss-reactive ketones (excluding diaryl/α,β-unsaturated/α-hetero) is 1. The predicted octanol–water partition coefficient (Wildman–Crippen LogP) is 3.44. The molecule has 0 amide bonds. The van der Waals surface area contributed by atoms with Gasteiger partial charge in [-0.3, -0.25) is 4.79 Å². The molecule has 0 bridgehead atoms. The molecule has 0 N–H and O–H groups in total. The lowest BCUT2D eigenvalue weighted by molar-refractivity contribution is 0.101. The highest BCUT2D eigenvalue weighted by Crippen LogP contribution is 2.21. The number of ketones is 1. The van der Waals surface area contributed by atoms with Crippen LogP contribution in [0.3, 0.4) is 0 Å². The first-order valence-electron chi connectivity index (χ1n) is 5.04. The fourth-order valence-corrected chi connectivity index (χ4v) is 1.37.